The molecule has 0 amide bonds. The second-order valence-corrected chi connectivity index (χ2v) is 4.11. The quantitative estimate of drug-likeness (QED) is 0.883. The number of fused-ring (bicyclic) bond motifs is 1. The van der Waals surface area contributed by atoms with Crippen molar-refractivity contribution in [2.24, 2.45) is 0 Å². The predicted octanol–water partition coefficient (Wildman–Crippen LogP) is 2.26. The second-order valence-electron chi connectivity index (χ2n) is 4.11. The number of hydrogen-bond donors (Lipinski definition) is 1. The molecule has 0 aliphatic carbocycles. The van der Waals surface area contributed by atoms with E-state index in [0.717, 1.165) is 13.3 Å². The van der Waals surface area contributed by atoms with Crippen LogP contribution in [-0.2, 0) is 4.74 Å². The maximum Gasteiger partial charge on any atom is 0.422 e. The Bertz CT molecular complexity index is 736. The number of aromatic nitrogens is 1. The molecule has 1 aromatic heterocycles. The summed E-state index contributed by atoms with van der Waals surface area (Å²) in [5.41, 5.74) is -0.801. The highest BCUT2D eigenvalue weighted by molar-refractivity contribution is 5.94. The minimum absolute atomic E-state index is 0.0394. The topological polar surface area (TPSA) is 68.4 Å². The lowest BCUT2D eigenvalue weighted by molar-refractivity contribution is -0.153. The number of rotatable bonds is 3. The van der Waals surface area contributed by atoms with Crippen LogP contribution in [0.1, 0.15) is 10.4 Å². The zero-order chi connectivity index (χ0) is 15.6. The molecule has 8 heteroatoms. The van der Waals surface area contributed by atoms with Gasteiger partial charge in [0.1, 0.15) is 11.3 Å². The first-order valence-corrected chi connectivity index (χ1v) is 5.76. The normalized spacial score (nSPS) is 11.4. The number of aromatic amines is 1. The molecular weight excluding hydrogens is 291 g/mol. The third kappa shape index (κ3) is 3.15. The fraction of sp³-hybridized carbons (Fsp3) is 0.231. The van der Waals surface area contributed by atoms with Crippen LogP contribution in [0.3, 0.4) is 0 Å². The molecule has 0 unspecified atom stereocenters. The van der Waals surface area contributed by atoms with Crippen molar-refractivity contribution >= 4 is 16.9 Å². The molecule has 1 N–H and O–H groups in total. The molecule has 1 heterocycles. The van der Waals surface area contributed by atoms with Crippen molar-refractivity contribution in [2.75, 3.05) is 13.7 Å². The van der Waals surface area contributed by atoms with Gasteiger partial charge in [0.05, 0.1) is 18.0 Å². The maximum atomic E-state index is 12.2. The van der Waals surface area contributed by atoms with Gasteiger partial charge < -0.3 is 14.5 Å². The Balaban J connectivity index is 2.50. The van der Waals surface area contributed by atoms with Crippen molar-refractivity contribution in [2.45, 2.75) is 6.18 Å². The number of H-pyrrole nitrogens is 1. The van der Waals surface area contributed by atoms with Gasteiger partial charge in [0.25, 0.3) is 0 Å². The summed E-state index contributed by atoms with van der Waals surface area (Å²) in [5.74, 6) is -0.960. The number of carbonyl (C=O) groups is 1. The lowest BCUT2D eigenvalue weighted by atomic mass is 10.1. The highest BCUT2D eigenvalue weighted by Gasteiger charge is 2.29. The van der Waals surface area contributed by atoms with E-state index in [2.05, 4.69) is 14.5 Å². The highest BCUT2D eigenvalue weighted by atomic mass is 19.4. The smallest absolute Gasteiger partial charge is 0.422 e. The molecule has 2 aromatic rings. The molecule has 21 heavy (non-hydrogen) atoms. The Hall–Kier alpha value is -2.51. The molecule has 0 saturated heterocycles. The molecule has 0 aliphatic heterocycles. The van der Waals surface area contributed by atoms with Crippen LogP contribution in [0.5, 0.6) is 5.75 Å². The number of benzene rings is 1. The van der Waals surface area contributed by atoms with Gasteiger partial charge in [0.2, 0.25) is 5.43 Å². The van der Waals surface area contributed by atoms with E-state index in [4.69, 9.17) is 0 Å². The van der Waals surface area contributed by atoms with E-state index in [1.165, 1.54) is 18.2 Å². The summed E-state index contributed by atoms with van der Waals surface area (Å²) in [6, 6.07) is 4.03. The van der Waals surface area contributed by atoms with Crippen LogP contribution >= 0.6 is 0 Å². The van der Waals surface area contributed by atoms with Gasteiger partial charge in [-0.3, -0.25) is 4.79 Å². The number of para-hydroxylation sites is 1. The number of alkyl halides is 3. The van der Waals surface area contributed by atoms with Crippen molar-refractivity contribution in [1.82, 2.24) is 4.98 Å². The lowest BCUT2D eigenvalue weighted by Crippen LogP contribution is -2.20. The summed E-state index contributed by atoms with van der Waals surface area (Å²) in [6.07, 6.45) is -3.41. The van der Waals surface area contributed by atoms with Gasteiger partial charge in [0.15, 0.2) is 6.61 Å². The summed E-state index contributed by atoms with van der Waals surface area (Å²) in [6.45, 7) is -1.48. The van der Waals surface area contributed by atoms with E-state index in [1.807, 2.05) is 0 Å². The summed E-state index contributed by atoms with van der Waals surface area (Å²) >= 11 is 0. The van der Waals surface area contributed by atoms with Crippen LogP contribution < -0.4 is 10.2 Å². The minimum Gasteiger partial charge on any atom is -0.482 e. The van der Waals surface area contributed by atoms with Crippen LogP contribution in [0.25, 0.3) is 10.9 Å². The first kappa shape index (κ1) is 14.9. The summed E-state index contributed by atoms with van der Waals surface area (Å²) < 4.78 is 45.6. The summed E-state index contributed by atoms with van der Waals surface area (Å²) in [7, 11) is 1.12. The summed E-state index contributed by atoms with van der Waals surface area (Å²) in [4.78, 5) is 26.1. The number of pyridine rings is 1. The van der Waals surface area contributed by atoms with Gasteiger partial charge in [-0.1, -0.05) is 6.07 Å². The lowest BCUT2D eigenvalue weighted by Gasteiger charge is -2.11. The van der Waals surface area contributed by atoms with Crippen LogP contribution in [0.2, 0.25) is 0 Å². The maximum absolute atomic E-state index is 12.2. The van der Waals surface area contributed by atoms with Crippen LogP contribution in [0.15, 0.2) is 29.2 Å². The summed E-state index contributed by atoms with van der Waals surface area (Å²) in [5, 5.41) is 0.0394. The molecular formula is C13H10F3NO4. The zero-order valence-corrected chi connectivity index (χ0v) is 10.8. The van der Waals surface area contributed by atoms with Crippen molar-refractivity contribution in [3.05, 3.63) is 40.2 Å². The largest absolute Gasteiger partial charge is 0.482 e. The van der Waals surface area contributed by atoms with Crippen LogP contribution in [0, 0.1) is 0 Å². The highest BCUT2D eigenvalue weighted by Crippen LogP contribution is 2.24. The molecule has 1 aromatic carbocycles. The molecule has 0 radical (unpaired) electrons. The van der Waals surface area contributed by atoms with Crippen molar-refractivity contribution in [3.63, 3.8) is 0 Å². The van der Waals surface area contributed by atoms with Crippen molar-refractivity contribution in [3.8, 4) is 5.75 Å². The number of methoxy groups -OCH3 is 1. The average Bonchev–Trinajstić information content (AvgIpc) is 2.44. The van der Waals surface area contributed by atoms with Gasteiger partial charge in [-0.25, -0.2) is 4.79 Å². The Labute approximate surface area is 116 Å². The Morgan fingerprint density at radius 3 is 2.67 bits per heavy atom. The van der Waals surface area contributed by atoms with Gasteiger partial charge in [-0.15, -0.1) is 0 Å². The van der Waals surface area contributed by atoms with E-state index >= 15 is 0 Å². The third-order valence-electron chi connectivity index (χ3n) is 2.67. The standard InChI is InChI=1S/C13H10F3NO4/c1-20-12(19)8-5-17-10-7(11(8)18)3-2-4-9(10)21-6-13(14,15)16/h2-5H,6H2,1H3,(H,17,18). The van der Waals surface area contributed by atoms with Crippen LogP contribution in [-0.4, -0.2) is 30.8 Å². The number of esters is 1. The van der Waals surface area contributed by atoms with Crippen LogP contribution in [0.4, 0.5) is 13.2 Å². The fourth-order valence-corrected chi connectivity index (χ4v) is 1.77. The predicted molar refractivity (Wildman–Crippen MR) is 67.5 cm³/mol. The van der Waals surface area contributed by atoms with E-state index in [-0.39, 0.29) is 22.2 Å². The number of halogens is 3. The van der Waals surface area contributed by atoms with E-state index in [0.29, 0.717) is 0 Å². The number of hydrogen-bond acceptors (Lipinski definition) is 4. The van der Waals surface area contributed by atoms with E-state index < -0.39 is 24.2 Å². The molecule has 0 saturated carbocycles. The second kappa shape index (κ2) is 5.47. The molecule has 0 atom stereocenters. The number of ether oxygens (including phenoxy) is 2. The fourth-order valence-electron chi connectivity index (χ4n) is 1.77. The Kier molecular flexibility index (Phi) is 3.88. The molecule has 0 spiro atoms. The number of carbonyl (C=O) groups excluding carboxylic acids is 1. The Morgan fingerprint density at radius 2 is 2.05 bits per heavy atom. The first-order valence-electron chi connectivity index (χ1n) is 5.76. The average molecular weight is 301 g/mol. The number of nitrogens with one attached hydrogen (secondary N) is 1. The van der Waals surface area contributed by atoms with Crippen molar-refractivity contribution in [1.29, 1.82) is 0 Å². The van der Waals surface area contributed by atoms with Gasteiger partial charge >= 0.3 is 12.1 Å². The monoisotopic (exact) mass is 301 g/mol. The Morgan fingerprint density at radius 1 is 1.33 bits per heavy atom. The third-order valence-corrected chi connectivity index (χ3v) is 2.67. The molecule has 0 aliphatic rings. The van der Waals surface area contributed by atoms with Crippen molar-refractivity contribution < 1.29 is 27.4 Å². The molecule has 0 bridgehead atoms. The van der Waals surface area contributed by atoms with E-state index in [9.17, 15) is 22.8 Å². The molecule has 112 valence electrons. The minimum atomic E-state index is -4.49. The molecule has 5 nitrogen and oxygen atoms in total. The first-order chi connectivity index (χ1) is 9.83. The van der Waals surface area contributed by atoms with Gasteiger partial charge in [-0.2, -0.15) is 13.2 Å². The van der Waals surface area contributed by atoms with Gasteiger partial charge in [-0.05, 0) is 12.1 Å². The SMILES string of the molecule is COC(=O)c1c[nH]c2c(OCC(F)(F)F)cccc2c1=O. The molecule has 0 fully saturated rings. The molecule has 2 rings (SSSR count). The zero-order valence-electron chi connectivity index (χ0n) is 10.8. The van der Waals surface area contributed by atoms with E-state index in [1.54, 1.807) is 0 Å². The van der Waals surface area contributed by atoms with Gasteiger partial charge in [0, 0.05) is 6.20 Å².